The third kappa shape index (κ3) is 1.96. The van der Waals surface area contributed by atoms with Crippen LogP contribution in [0.5, 0.6) is 0 Å². The number of fused-ring (bicyclic) bond motifs is 1. The number of nitrogen functional groups attached to an aromatic ring is 1. The van der Waals surface area contributed by atoms with Gasteiger partial charge in [-0.3, -0.25) is 0 Å². The fourth-order valence-corrected chi connectivity index (χ4v) is 3.06. The SMILES string of the molecule is Nc1cnc(Cl)nc1N1CCc2sccc2C1. The highest BCUT2D eigenvalue weighted by molar-refractivity contribution is 7.10. The van der Waals surface area contributed by atoms with Crippen LogP contribution in [-0.2, 0) is 13.0 Å². The Kier molecular flexibility index (Phi) is 2.64. The molecule has 1 aliphatic rings. The van der Waals surface area contributed by atoms with Crippen molar-refractivity contribution in [1.29, 1.82) is 0 Å². The van der Waals surface area contributed by atoms with Gasteiger partial charge in [0.1, 0.15) is 0 Å². The predicted molar refractivity (Wildman–Crippen MR) is 70.5 cm³/mol. The van der Waals surface area contributed by atoms with Gasteiger partial charge in [-0.15, -0.1) is 11.3 Å². The van der Waals surface area contributed by atoms with Gasteiger partial charge in [-0.2, -0.15) is 4.98 Å². The highest BCUT2D eigenvalue weighted by atomic mass is 35.5. The van der Waals surface area contributed by atoms with E-state index in [-0.39, 0.29) is 5.28 Å². The summed E-state index contributed by atoms with van der Waals surface area (Å²) in [6.07, 6.45) is 2.60. The first-order chi connectivity index (χ1) is 8.24. The van der Waals surface area contributed by atoms with Crippen LogP contribution in [0, 0.1) is 0 Å². The van der Waals surface area contributed by atoms with E-state index in [2.05, 4.69) is 26.3 Å². The van der Waals surface area contributed by atoms with Crippen LogP contribution in [0.25, 0.3) is 0 Å². The summed E-state index contributed by atoms with van der Waals surface area (Å²) in [5, 5.41) is 2.37. The van der Waals surface area contributed by atoms with E-state index in [9.17, 15) is 0 Å². The first-order valence-corrected chi connectivity index (χ1v) is 6.58. The number of thiophene rings is 1. The Hall–Kier alpha value is -1.33. The van der Waals surface area contributed by atoms with E-state index in [4.69, 9.17) is 17.3 Å². The Labute approximate surface area is 108 Å². The van der Waals surface area contributed by atoms with Crippen LogP contribution in [0.1, 0.15) is 10.4 Å². The van der Waals surface area contributed by atoms with Crippen LogP contribution in [-0.4, -0.2) is 16.5 Å². The summed E-state index contributed by atoms with van der Waals surface area (Å²) in [5.41, 5.74) is 7.83. The van der Waals surface area contributed by atoms with Crippen LogP contribution in [0.2, 0.25) is 5.28 Å². The van der Waals surface area contributed by atoms with Crippen LogP contribution in [0.3, 0.4) is 0 Å². The molecule has 6 heteroatoms. The standard InChI is InChI=1S/C11H11ClN4S/c12-11-14-5-8(13)10(15-11)16-3-1-9-7(6-16)2-4-17-9/h2,4-5H,1,3,6,13H2. The zero-order valence-electron chi connectivity index (χ0n) is 9.06. The molecule has 4 nitrogen and oxygen atoms in total. The lowest BCUT2D eigenvalue weighted by molar-refractivity contribution is 0.732. The normalized spacial score (nSPS) is 14.8. The Morgan fingerprint density at radius 1 is 1.47 bits per heavy atom. The Morgan fingerprint density at radius 2 is 2.35 bits per heavy atom. The third-order valence-corrected chi connectivity index (χ3v) is 4.08. The molecule has 2 N–H and O–H groups in total. The van der Waals surface area contributed by atoms with Crippen molar-refractivity contribution in [2.45, 2.75) is 13.0 Å². The maximum atomic E-state index is 5.89. The number of anilines is 2. The molecule has 88 valence electrons. The molecule has 2 aromatic heterocycles. The average Bonchev–Trinajstić information content (AvgIpc) is 2.79. The molecule has 0 spiro atoms. The number of nitrogens with zero attached hydrogens (tertiary/aromatic N) is 3. The molecule has 1 aliphatic heterocycles. The summed E-state index contributed by atoms with van der Waals surface area (Å²) in [4.78, 5) is 11.7. The van der Waals surface area contributed by atoms with Crippen molar-refractivity contribution in [2.24, 2.45) is 0 Å². The number of hydrogen-bond acceptors (Lipinski definition) is 5. The van der Waals surface area contributed by atoms with Gasteiger partial charge < -0.3 is 10.6 Å². The lowest BCUT2D eigenvalue weighted by atomic mass is 10.1. The van der Waals surface area contributed by atoms with Gasteiger partial charge in [0.25, 0.3) is 0 Å². The predicted octanol–water partition coefficient (Wildman–Crippen LogP) is 2.34. The second kappa shape index (κ2) is 4.16. The van der Waals surface area contributed by atoms with Crippen LogP contribution < -0.4 is 10.6 Å². The molecule has 0 unspecified atom stereocenters. The molecule has 0 fully saturated rings. The van der Waals surface area contributed by atoms with Crippen molar-refractivity contribution < 1.29 is 0 Å². The molecular formula is C11H11ClN4S. The Balaban J connectivity index is 1.94. The number of hydrogen-bond donors (Lipinski definition) is 1. The maximum absolute atomic E-state index is 5.89. The first-order valence-electron chi connectivity index (χ1n) is 5.32. The zero-order chi connectivity index (χ0) is 11.8. The molecule has 0 saturated heterocycles. The highest BCUT2D eigenvalue weighted by Crippen LogP contribution is 2.29. The lowest BCUT2D eigenvalue weighted by Crippen LogP contribution is -2.30. The maximum Gasteiger partial charge on any atom is 0.224 e. The molecule has 0 amide bonds. The van der Waals surface area contributed by atoms with Gasteiger partial charge in [0.05, 0.1) is 11.9 Å². The Bertz CT molecular complexity index is 554. The molecule has 3 rings (SSSR count). The minimum Gasteiger partial charge on any atom is -0.394 e. The molecule has 0 aromatic carbocycles. The fourth-order valence-electron chi connectivity index (χ4n) is 2.04. The van der Waals surface area contributed by atoms with Crippen molar-refractivity contribution in [3.05, 3.63) is 33.4 Å². The molecule has 3 heterocycles. The second-order valence-corrected chi connectivity index (χ2v) is 5.30. The van der Waals surface area contributed by atoms with Gasteiger partial charge in [-0.25, -0.2) is 4.98 Å². The van der Waals surface area contributed by atoms with E-state index in [0.29, 0.717) is 5.69 Å². The smallest absolute Gasteiger partial charge is 0.224 e. The van der Waals surface area contributed by atoms with E-state index >= 15 is 0 Å². The van der Waals surface area contributed by atoms with Crippen molar-refractivity contribution in [3.63, 3.8) is 0 Å². The third-order valence-electron chi connectivity index (χ3n) is 2.87. The number of rotatable bonds is 1. The molecule has 0 bridgehead atoms. The van der Waals surface area contributed by atoms with Gasteiger partial charge >= 0.3 is 0 Å². The highest BCUT2D eigenvalue weighted by Gasteiger charge is 2.20. The first kappa shape index (κ1) is 10.8. The second-order valence-electron chi connectivity index (χ2n) is 3.96. The van der Waals surface area contributed by atoms with Crippen LogP contribution in [0.4, 0.5) is 11.5 Å². The van der Waals surface area contributed by atoms with E-state index in [1.54, 1.807) is 6.20 Å². The summed E-state index contributed by atoms with van der Waals surface area (Å²) >= 11 is 7.63. The topological polar surface area (TPSA) is 55.0 Å². The molecule has 17 heavy (non-hydrogen) atoms. The van der Waals surface area contributed by atoms with Gasteiger partial charge in [0, 0.05) is 18.0 Å². The van der Waals surface area contributed by atoms with Gasteiger partial charge in [0.15, 0.2) is 5.82 Å². The quantitative estimate of drug-likeness (QED) is 0.805. The van der Waals surface area contributed by atoms with Crippen LogP contribution in [0.15, 0.2) is 17.6 Å². The fraction of sp³-hybridized carbons (Fsp3) is 0.273. The van der Waals surface area contributed by atoms with Crippen molar-refractivity contribution in [3.8, 4) is 0 Å². The molecular weight excluding hydrogens is 256 g/mol. The number of nitrogens with two attached hydrogens (primary N) is 1. The Morgan fingerprint density at radius 3 is 3.24 bits per heavy atom. The summed E-state index contributed by atoms with van der Waals surface area (Å²) in [6, 6.07) is 2.16. The van der Waals surface area contributed by atoms with E-state index in [1.807, 2.05) is 11.3 Å². The van der Waals surface area contributed by atoms with Crippen molar-refractivity contribution in [1.82, 2.24) is 9.97 Å². The zero-order valence-corrected chi connectivity index (χ0v) is 10.6. The van der Waals surface area contributed by atoms with Crippen LogP contribution >= 0.6 is 22.9 Å². The largest absolute Gasteiger partial charge is 0.394 e. The van der Waals surface area contributed by atoms with Gasteiger partial charge in [-0.05, 0) is 35.0 Å². The summed E-state index contributed by atoms with van der Waals surface area (Å²) in [6.45, 7) is 1.77. The number of aromatic nitrogens is 2. The molecule has 0 aliphatic carbocycles. The minimum absolute atomic E-state index is 0.241. The minimum atomic E-state index is 0.241. The average molecular weight is 267 g/mol. The van der Waals surface area contributed by atoms with E-state index in [1.165, 1.54) is 10.4 Å². The molecule has 0 atom stereocenters. The summed E-state index contributed by atoms with van der Waals surface area (Å²) in [5.74, 6) is 0.738. The summed E-state index contributed by atoms with van der Waals surface area (Å²) in [7, 11) is 0. The van der Waals surface area contributed by atoms with Crippen molar-refractivity contribution >= 4 is 34.4 Å². The molecule has 2 aromatic rings. The summed E-state index contributed by atoms with van der Waals surface area (Å²) < 4.78 is 0. The van der Waals surface area contributed by atoms with E-state index in [0.717, 1.165) is 25.3 Å². The molecule has 0 saturated carbocycles. The number of halogens is 1. The van der Waals surface area contributed by atoms with E-state index < -0.39 is 0 Å². The van der Waals surface area contributed by atoms with Gasteiger partial charge in [0.2, 0.25) is 5.28 Å². The van der Waals surface area contributed by atoms with Gasteiger partial charge in [-0.1, -0.05) is 0 Å². The monoisotopic (exact) mass is 266 g/mol. The molecule has 0 radical (unpaired) electrons. The van der Waals surface area contributed by atoms with Crippen molar-refractivity contribution in [2.75, 3.05) is 17.2 Å². The lowest BCUT2D eigenvalue weighted by Gasteiger charge is -2.28.